The van der Waals surface area contributed by atoms with Crippen LogP contribution >= 0.6 is 0 Å². The molecule has 1 aliphatic heterocycles. The molecule has 43 heavy (non-hydrogen) atoms. The zero-order valence-corrected chi connectivity index (χ0v) is 24.3. The summed E-state index contributed by atoms with van der Waals surface area (Å²) < 4.78 is 49.4. The van der Waals surface area contributed by atoms with Gasteiger partial charge in [0, 0.05) is 30.2 Å². The predicted octanol–water partition coefficient (Wildman–Crippen LogP) is 4.75. The van der Waals surface area contributed by atoms with Crippen LogP contribution in [0.2, 0.25) is 0 Å². The van der Waals surface area contributed by atoms with Gasteiger partial charge >= 0.3 is 5.76 Å². The third-order valence-electron chi connectivity index (χ3n) is 8.38. The number of carbonyl (C=O) groups excluding carboxylic acids is 1. The fourth-order valence-electron chi connectivity index (χ4n) is 6.36. The molecular formula is C31H31F2N5O4S. The number of aliphatic hydroxyl groups is 1. The first-order valence-electron chi connectivity index (χ1n) is 14.0. The van der Waals surface area contributed by atoms with E-state index in [-0.39, 0.29) is 17.5 Å². The van der Waals surface area contributed by atoms with E-state index in [1.54, 1.807) is 12.3 Å². The van der Waals surface area contributed by atoms with Crippen LogP contribution in [0.5, 0.6) is 0 Å². The summed E-state index contributed by atoms with van der Waals surface area (Å²) in [4.78, 5) is 28.4. The van der Waals surface area contributed by atoms with Gasteiger partial charge in [0.05, 0.1) is 39.6 Å². The van der Waals surface area contributed by atoms with Crippen LogP contribution in [0.4, 0.5) is 14.6 Å². The molecule has 1 spiro atoms. The lowest BCUT2D eigenvalue weighted by Crippen LogP contribution is -2.54. The van der Waals surface area contributed by atoms with Gasteiger partial charge in [-0.2, -0.15) is 8.78 Å². The highest BCUT2D eigenvalue weighted by atomic mass is 32.2. The van der Waals surface area contributed by atoms with Gasteiger partial charge in [-0.15, -0.1) is 0 Å². The van der Waals surface area contributed by atoms with Crippen molar-refractivity contribution in [2.75, 3.05) is 18.0 Å². The maximum atomic E-state index is 12.9. The fraction of sp³-hybridized carbons (Fsp3) is 0.355. The van der Waals surface area contributed by atoms with Crippen LogP contribution in [0.25, 0.3) is 22.3 Å². The van der Waals surface area contributed by atoms with E-state index in [1.807, 2.05) is 37.3 Å². The van der Waals surface area contributed by atoms with Crippen molar-refractivity contribution in [3.05, 3.63) is 78.1 Å². The largest absolute Gasteiger partial charge is 0.390 e. The highest BCUT2D eigenvalue weighted by Gasteiger charge is 2.51. The van der Waals surface area contributed by atoms with E-state index in [0.29, 0.717) is 16.9 Å². The van der Waals surface area contributed by atoms with Crippen LogP contribution in [0.1, 0.15) is 48.7 Å². The SMILES string of the molecule is CC1(O)CC2(CCN(c3cccc(-c4ccc5cnc(CNC(=O)c6cccc(S(=O)(=O)C(F)F)c6)cc5n4)n3)CC2)C1. The Hall–Kier alpha value is -4.03. The van der Waals surface area contributed by atoms with Gasteiger partial charge in [-0.3, -0.25) is 9.78 Å². The van der Waals surface area contributed by atoms with E-state index in [4.69, 9.17) is 9.97 Å². The van der Waals surface area contributed by atoms with Crippen molar-refractivity contribution in [1.29, 1.82) is 0 Å². The van der Waals surface area contributed by atoms with Gasteiger partial charge in [-0.05, 0) is 86.6 Å². The second kappa shape index (κ2) is 10.9. The normalized spacial score (nSPS) is 17.7. The first-order valence-corrected chi connectivity index (χ1v) is 15.6. The molecule has 1 saturated heterocycles. The average molecular weight is 608 g/mol. The Bertz CT molecular complexity index is 1800. The van der Waals surface area contributed by atoms with E-state index in [1.165, 1.54) is 12.1 Å². The molecule has 1 aliphatic carbocycles. The minimum absolute atomic E-state index is 0.0200. The van der Waals surface area contributed by atoms with Crippen LogP contribution in [-0.2, 0) is 16.4 Å². The van der Waals surface area contributed by atoms with Crippen LogP contribution in [0.15, 0.2) is 71.8 Å². The number of alkyl halides is 2. The van der Waals surface area contributed by atoms with Gasteiger partial charge < -0.3 is 15.3 Å². The van der Waals surface area contributed by atoms with E-state index >= 15 is 0 Å². The summed E-state index contributed by atoms with van der Waals surface area (Å²) in [7, 11) is -4.82. The molecule has 9 nitrogen and oxygen atoms in total. The fourth-order valence-corrected chi connectivity index (χ4v) is 7.12. The van der Waals surface area contributed by atoms with Crippen molar-refractivity contribution in [2.24, 2.45) is 5.41 Å². The summed E-state index contributed by atoms with van der Waals surface area (Å²) in [6, 6.07) is 16.0. The topological polar surface area (TPSA) is 125 Å². The quantitative estimate of drug-likeness (QED) is 0.309. The highest BCUT2D eigenvalue weighted by molar-refractivity contribution is 7.91. The minimum Gasteiger partial charge on any atom is -0.390 e. The monoisotopic (exact) mass is 607 g/mol. The maximum absolute atomic E-state index is 12.9. The molecule has 12 heteroatoms. The molecule has 4 aromatic rings. The average Bonchev–Trinajstić information content (AvgIpc) is 2.99. The number of hydrogen-bond donors (Lipinski definition) is 2. The predicted molar refractivity (Wildman–Crippen MR) is 157 cm³/mol. The Morgan fingerprint density at radius 1 is 1.02 bits per heavy atom. The summed E-state index contributed by atoms with van der Waals surface area (Å²) >= 11 is 0. The van der Waals surface area contributed by atoms with Gasteiger partial charge in [0.15, 0.2) is 0 Å². The first kappa shape index (κ1) is 29.1. The number of piperidine rings is 1. The molecule has 0 bridgehead atoms. The zero-order valence-electron chi connectivity index (χ0n) is 23.5. The number of nitrogens with zero attached hydrogens (tertiary/aromatic N) is 4. The number of aromatic nitrogens is 3. The Morgan fingerprint density at radius 3 is 2.47 bits per heavy atom. The van der Waals surface area contributed by atoms with Crippen molar-refractivity contribution in [1.82, 2.24) is 20.3 Å². The number of sulfone groups is 1. The number of benzene rings is 1. The molecule has 6 rings (SSSR count). The second-order valence-corrected chi connectivity index (χ2v) is 13.7. The molecule has 1 aromatic carbocycles. The highest BCUT2D eigenvalue weighted by Crippen LogP contribution is 2.54. The van der Waals surface area contributed by atoms with E-state index in [0.717, 1.165) is 67.8 Å². The van der Waals surface area contributed by atoms with E-state index in [9.17, 15) is 27.1 Å². The third kappa shape index (κ3) is 5.94. The molecule has 3 aromatic heterocycles. The Morgan fingerprint density at radius 2 is 1.74 bits per heavy atom. The first-order chi connectivity index (χ1) is 20.4. The zero-order chi connectivity index (χ0) is 30.4. The van der Waals surface area contributed by atoms with Crippen molar-refractivity contribution in [3.63, 3.8) is 0 Å². The molecule has 4 heterocycles. The molecule has 0 radical (unpaired) electrons. The molecule has 1 saturated carbocycles. The lowest BCUT2D eigenvalue weighted by atomic mass is 9.56. The molecule has 0 unspecified atom stereocenters. The van der Waals surface area contributed by atoms with Crippen molar-refractivity contribution < 1.29 is 27.1 Å². The summed E-state index contributed by atoms with van der Waals surface area (Å²) in [5.41, 5.74) is 2.26. The molecule has 224 valence electrons. The lowest BCUT2D eigenvalue weighted by Gasteiger charge is -2.55. The maximum Gasteiger partial charge on any atom is 0.341 e. The second-order valence-electron chi connectivity index (χ2n) is 11.8. The van der Waals surface area contributed by atoms with Gasteiger partial charge in [0.2, 0.25) is 9.84 Å². The number of amides is 1. The number of hydrogen-bond acceptors (Lipinski definition) is 8. The summed E-state index contributed by atoms with van der Waals surface area (Å²) in [6.45, 7) is 3.72. The summed E-state index contributed by atoms with van der Waals surface area (Å²) in [6.07, 6.45) is 5.45. The molecular weight excluding hydrogens is 576 g/mol. The standard InChI is InChI=1S/C31H31F2N5O4S/c1-30(40)18-31(19-30)10-12-38(13-11-31)27-7-3-6-24(37-27)25-9-8-21-16-34-22(15-26(21)36-25)17-35-28(39)20-4-2-5-23(14-20)43(41,42)29(32)33/h2-9,14-16,29,40H,10-13,17-19H2,1H3,(H,35,39). The Kier molecular flexibility index (Phi) is 7.37. The molecule has 2 aliphatic rings. The van der Waals surface area contributed by atoms with Crippen LogP contribution in [0.3, 0.4) is 0 Å². The van der Waals surface area contributed by atoms with Gasteiger partial charge in [0.1, 0.15) is 5.82 Å². The van der Waals surface area contributed by atoms with Gasteiger partial charge in [-0.1, -0.05) is 12.1 Å². The van der Waals surface area contributed by atoms with Gasteiger partial charge in [0.25, 0.3) is 5.91 Å². The number of halogens is 2. The minimum atomic E-state index is -4.82. The van der Waals surface area contributed by atoms with Crippen molar-refractivity contribution >= 4 is 32.5 Å². The molecule has 2 fully saturated rings. The van der Waals surface area contributed by atoms with Crippen LogP contribution in [-0.4, -0.2) is 58.8 Å². The number of fused-ring (bicyclic) bond motifs is 1. The van der Waals surface area contributed by atoms with Crippen molar-refractivity contribution in [2.45, 2.75) is 55.4 Å². The van der Waals surface area contributed by atoms with E-state index in [2.05, 4.69) is 15.2 Å². The number of carbonyl (C=O) groups is 1. The summed E-state index contributed by atoms with van der Waals surface area (Å²) in [5, 5.41) is 13.7. The van der Waals surface area contributed by atoms with Gasteiger partial charge in [-0.25, -0.2) is 18.4 Å². The number of nitrogens with one attached hydrogen (secondary N) is 1. The van der Waals surface area contributed by atoms with Crippen molar-refractivity contribution in [3.8, 4) is 11.4 Å². The molecule has 1 amide bonds. The lowest BCUT2D eigenvalue weighted by molar-refractivity contribution is -0.124. The van der Waals surface area contributed by atoms with Crippen LogP contribution in [0, 0.1) is 5.41 Å². The van der Waals surface area contributed by atoms with E-state index < -0.39 is 32.0 Å². The number of rotatable bonds is 7. The molecule has 0 atom stereocenters. The Labute approximate surface area is 247 Å². The Balaban J connectivity index is 1.14. The summed E-state index contributed by atoms with van der Waals surface area (Å²) in [5.74, 6) is -3.31. The third-order valence-corrected chi connectivity index (χ3v) is 9.76. The molecule has 2 N–H and O–H groups in total. The number of anilines is 1. The number of pyridine rings is 3. The smallest absolute Gasteiger partial charge is 0.341 e. The van der Waals surface area contributed by atoms with Crippen LogP contribution < -0.4 is 10.2 Å².